The van der Waals surface area contributed by atoms with Crippen molar-refractivity contribution in [2.24, 2.45) is 7.05 Å². The Labute approximate surface area is 154 Å². The number of benzene rings is 2. The van der Waals surface area contributed by atoms with E-state index in [1.165, 1.54) is 12.1 Å². The molecule has 2 aromatic carbocycles. The molecule has 0 atom stereocenters. The molecule has 0 spiro atoms. The summed E-state index contributed by atoms with van der Waals surface area (Å²) < 4.78 is 27.9. The predicted molar refractivity (Wildman–Crippen MR) is 105 cm³/mol. The molecule has 2 N–H and O–H groups in total. The smallest absolute Gasteiger partial charge is 0.307 e. The number of aryl methyl sites for hydroxylation is 1. The molecule has 0 fully saturated rings. The van der Waals surface area contributed by atoms with Crippen molar-refractivity contribution in [1.82, 2.24) is 4.57 Å². The summed E-state index contributed by atoms with van der Waals surface area (Å²) in [5.41, 5.74) is 2.19. The number of carbonyl (C=O) groups excluding carboxylic acids is 1. The van der Waals surface area contributed by atoms with Gasteiger partial charge in [0, 0.05) is 24.0 Å². The minimum atomic E-state index is -3.35. The van der Waals surface area contributed by atoms with Gasteiger partial charge in [-0.05, 0) is 49.4 Å². The van der Waals surface area contributed by atoms with Crippen molar-refractivity contribution in [2.75, 3.05) is 15.8 Å². The molecule has 0 saturated heterocycles. The van der Waals surface area contributed by atoms with Gasteiger partial charge in [0.15, 0.2) is 0 Å². The number of thiazole rings is 1. The molecule has 0 unspecified atom stereocenters. The summed E-state index contributed by atoms with van der Waals surface area (Å²) in [5.74, 6) is -0.346. The lowest BCUT2D eigenvalue weighted by atomic mass is 10.2. The minimum Gasteiger partial charge on any atom is -0.322 e. The lowest BCUT2D eigenvalue weighted by Gasteiger charge is -2.08. The lowest BCUT2D eigenvalue weighted by Crippen LogP contribution is -2.15. The summed E-state index contributed by atoms with van der Waals surface area (Å²) in [6.07, 6.45) is 0. The first kappa shape index (κ1) is 18.2. The molecule has 3 aromatic rings. The Hall–Kier alpha value is -2.65. The zero-order chi connectivity index (χ0) is 18.9. The van der Waals surface area contributed by atoms with Crippen LogP contribution in [-0.4, -0.2) is 24.6 Å². The van der Waals surface area contributed by atoms with Crippen LogP contribution in [0.3, 0.4) is 0 Å². The van der Waals surface area contributed by atoms with Crippen LogP contribution >= 0.6 is 11.3 Å². The van der Waals surface area contributed by atoms with Crippen molar-refractivity contribution < 1.29 is 13.2 Å². The number of fused-ring (bicyclic) bond motifs is 1. The van der Waals surface area contributed by atoms with E-state index in [1.807, 2.05) is 0 Å². The Morgan fingerprint density at radius 3 is 2.42 bits per heavy atom. The number of nitrogens with one attached hydrogen (secondary N) is 2. The van der Waals surface area contributed by atoms with Crippen molar-refractivity contribution in [3.8, 4) is 0 Å². The third-order valence-electron chi connectivity index (χ3n) is 3.85. The van der Waals surface area contributed by atoms with Gasteiger partial charge in [0.05, 0.1) is 16.0 Å². The second-order valence-electron chi connectivity index (χ2n) is 5.65. The maximum absolute atomic E-state index is 12.4. The molecular formula is C17H17N3O4S2. The molecule has 136 valence electrons. The van der Waals surface area contributed by atoms with Crippen LogP contribution in [-0.2, 0) is 17.1 Å². The highest BCUT2D eigenvalue weighted by molar-refractivity contribution is 7.92. The van der Waals surface area contributed by atoms with Crippen molar-refractivity contribution >= 4 is 48.9 Å². The highest BCUT2D eigenvalue weighted by Crippen LogP contribution is 2.22. The fourth-order valence-corrected chi connectivity index (χ4v) is 3.91. The van der Waals surface area contributed by atoms with Crippen molar-refractivity contribution in [3.63, 3.8) is 0 Å². The van der Waals surface area contributed by atoms with Gasteiger partial charge in [0.25, 0.3) is 5.91 Å². The van der Waals surface area contributed by atoms with E-state index < -0.39 is 10.0 Å². The SMILES string of the molecule is CCS(=O)(=O)Nc1ccc(C(=O)Nc2ccc3c(c2)sc(=O)n3C)cc1. The van der Waals surface area contributed by atoms with E-state index in [2.05, 4.69) is 10.0 Å². The quantitative estimate of drug-likeness (QED) is 0.699. The molecule has 0 aliphatic heterocycles. The van der Waals surface area contributed by atoms with Gasteiger partial charge in [-0.15, -0.1) is 0 Å². The molecule has 7 nitrogen and oxygen atoms in total. The predicted octanol–water partition coefficient (Wildman–Crippen LogP) is 2.61. The van der Waals surface area contributed by atoms with E-state index in [0.29, 0.717) is 16.9 Å². The fourth-order valence-electron chi connectivity index (χ4n) is 2.36. The standard InChI is InChI=1S/C17H17N3O4S2/c1-3-26(23,24)19-12-6-4-11(5-7-12)16(21)18-13-8-9-14-15(10-13)25-17(22)20(14)2/h4-10,19H,3H2,1-2H3,(H,18,21). The van der Waals surface area contributed by atoms with Crippen LogP contribution in [0.25, 0.3) is 10.2 Å². The molecule has 0 bridgehead atoms. The largest absolute Gasteiger partial charge is 0.322 e. The lowest BCUT2D eigenvalue weighted by molar-refractivity contribution is 0.102. The third kappa shape index (κ3) is 3.78. The van der Waals surface area contributed by atoms with E-state index in [0.717, 1.165) is 21.6 Å². The number of hydrogen-bond donors (Lipinski definition) is 2. The van der Waals surface area contributed by atoms with Crippen LogP contribution < -0.4 is 14.9 Å². The molecule has 0 aliphatic carbocycles. The number of aromatic nitrogens is 1. The van der Waals surface area contributed by atoms with Gasteiger partial charge in [0.2, 0.25) is 10.0 Å². The van der Waals surface area contributed by atoms with Crippen molar-refractivity contribution in [3.05, 3.63) is 57.7 Å². The molecule has 1 amide bonds. The first-order chi connectivity index (χ1) is 12.3. The Kier molecular flexibility index (Phi) is 4.84. The van der Waals surface area contributed by atoms with E-state index in [1.54, 1.807) is 48.9 Å². The number of nitrogens with zero attached hydrogens (tertiary/aromatic N) is 1. The van der Waals surface area contributed by atoms with E-state index in [9.17, 15) is 18.0 Å². The first-order valence-electron chi connectivity index (χ1n) is 7.80. The van der Waals surface area contributed by atoms with Gasteiger partial charge in [-0.3, -0.25) is 14.3 Å². The Bertz CT molecular complexity index is 1130. The molecule has 0 aliphatic rings. The van der Waals surface area contributed by atoms with Gasteiger partial charge in [-0.25, -0.2) is 8.42 Å². The molecule has 3 rings (SSSR count). The second kappa shape index (κ2) is 6.93. The maximum Gasteiger partial charge on any atom is 0.307 e. The van der Waals surface area contributed by atoms with Crippen LogP contribution in [0, 0.1) is 0 Å². The Balaban J connectivity index is 1.76. The maximum atomic E-state index is 12.4. The third-order valence-corrected chi connectivity index (χ3v) is 6.15. The number of amides is 1. The summed E-state index contributed by atoms with van der Waals surface area (Å²) in [6.45, 7) is 1.55. The van der Waals surface area contributed by atoms with Crippen LogP contribution in [0.2, 0.25) is 0 Å². The van der Waals surface area contributed by atoms with Gasteiger partial charge < -0.3 is 9.88 Å². The van der Waals surface area contributed by atoms with E-state index in [-0.39, 0.29) is 16.5 Å². The van der Waals surface area contributed by atoms with Crippen LogP contribution in [0.15, 0.2) is 47.3 Å². The highest BCUT2D eigenvalue weighted by Gasteiger charge is 2.10. The normalized spacial score (nSPS) is 11.5. The zero-order valence-corrected chi connectivity index (χ0v) is 15.8. The molecule has 1 heterocycles. The summed E-state index contributed by atoms with van der Waals surface area (Å²) in [5, 5.41) is 2.78. The molecule has 9 heteroatoms. The number of anilines is 2. The summed E-state index contributed by atoms with van der Waals surface area (Å²) in [6, 6.07) is 11.4. The zero-order valence-electron chi connectivity index (χ0n) is 14.1. The second-order valence-corrected chi connectivity index (χ2v) is 8.65. The topological polar surface area (TPSA) is 97.3 Å². The van der Waals surface area contributed by atoms with Crippen LogP contribution in [0.5, 0.6) is 0 Å². The van der Waals surface area contributed by atoms with Gasteiger partial charge in [0.1, 0.15) is 0 Å². The molecule has 0 radical (unpaired) electrons. The summed E-state index contributed by atoms with van der Waals surface area (Å²) in [7, 11) is -1.65. The number of sulfonamides is 1. The van der Waals surface area contributed by atoms with Crippen molar-refractivity contribution in [2.45, 2.75) is 6.92 Å². The van der Waals surface area contributed by atoms with Crippen LogP contribution in [0.1, 0.15) is 17.3 Å². The van der Waals surface area contributed by atoms with E-state index >= 15 is 0 Å². The molecule has 26 heavy (non-hydrogen) atoms. The van der Waals surface area contributed by atoms with Gasteiger partial charge in [-0.1, -0.05) is 11.3 Å². The average Bonchev–Trinajstić information content (AvgIpc) is 2.89. The highest BCUT2D eigenvalue weighted by atomic mass is 32.2. The fraction of sp³-hybridized carbons (Fsp3) is 0.176. The van der Waals surface area contributed by atoms with Crippen molar-refractivity contribution in [1.29, 1.82) is 0 Å². The minimum absolute atomic E-state index is 0.0245. The number of rotatable bonds is 5. The molecular weight excluding hydrogens is 374 g/mol. The number of hydrogen-bond acceptors (Lipinski definition) is 5. The first-order valence-corrected chi connectivity index (χ1v) is 10.3. The van der Waals surface area contributed by atoms with Gasteiger partial charge >= 0.3 is 4.87 Å². The average molecular weight is 391 g/mol. The monoisotopic (exact) mass is 391 g/mol. The summed E-state index contributed by atoms with van der Waals surface area (Å²) in [4.78, 5) is 24.0. The van der Waals surface area contributed by atoms with E-state index in [4.69, 9.17) is 0 Å². The molecule has 0 saturated carbocycles. The van der Waals surface area contributed by atoms with Gasteiger partial charge in [-0.2, -0.15) is 0 Å². The van der Waals surface area contributed by atoms with Crippen LogP contribution in [0.4, 0.5) is 11.4 Å². The number of carbonyl (C=O) groups is 1. The Morgan fingerprint density at radius 2 is 1.77 bits per heavy atom. The summed E-state index contributed by atoms with van der Waals surface area (Å²) >= 11 is 1.12. The Morgan fingerprint density at radius 1 is 1.12 bits per heavy atom. The molecule has 1 aromatic heterocycles.